The molecule has 3 heterocycles. The van der Waals surface area contributed by atoms with Crippen LogP contribution in [0.25, 0.3) is 0 Å². The highest BCUT2D eigenvalue weighted by molar-refractivity contribution is 6.30. The summed E-state index contributed by atoms with van der Waals surface area (Å²) in [4.78, 5) is 18.2. The number of ether oxygens (including phenoxy) is 1. The molecular weight excluding hydrogens is 404 g/mol. The molecular formula is C17H17ClF4N4O2. The van der Waals surface area contributed by atoms with E-state index >= 15 is 0 Å². The minimum atomic E-state index is -4.26. The number of halogens is 5. The summed E-state index contributed by atoms with van der Waals surface area (Å²) in [5, 5.41) is 0.260. The molecule has 0 bridgehead atoms. The van der Waals surface area contributed by atoms with Gasteiger partial charge in [-0.15, -0.1) is 0 Å². The normalized spacial score (nSPS) is 17.9. The minimum Gasteiger partial charge on any atom is -0.471 e. The second kappa shape index (κ2) is 7.50. The summed E-state index contributed by atoms with van der Waals surface area (Å²) in [5.41, 5.74) is 7.41. The maximum absolute atomic E-state index is 13.0. The van der Waals surface area contributed by atoms with Gasteiger partial charge in [0, 0.05) is 22.9 Å². The first kappa shape index (κ1) is 20.2. The van der Waals surface area contributed by atoms with E-state index in [2.05, 4.69) is 15.8 Å². The summed E-state index contributed by atoms with van der Waals surface area (Å²) in [7, 11) is 0. The first-order valence-corrected chi connectivity index (χ1v) is 8.67. The van der Waals surface area contributed by atoms with Gasteiger partial charge in [-0.2, -0.15) is 8.78 Å². The molecule has 1 unspecified atom stereocenters. The number of amides is 1. The molecule has 0 spiro atoms. The maximum Gasteiger partial charge on any atom is 0.340 e. The van der Waals surface area contributed by atoms with E-state index in [1.165, 1.54) is 6.20 Å². The highest BCUT2D eigenvalue weighted by Gasteiger charge is 2.42. The molecule has 0 radical (unpaired) electrons. The van der Waals surface area contributed by atoms with E-state index in [0.29, 0.717) is 22.4 Å². The fourth-order valence-corrected chi connectivity index (χ4v) is 3.08. The first-order valence-electron chi connectivity index (χ1n) is 8.29. The molecule has 1 aromatic heterocycles. The Balaban J connectivity index is 1.73. The topological polar surface area (TPSA) is 66.5 Å². The molecule has 0 aliphatic carbocycles. The summed E-state index contributed by atoms with van der Waals surface area (Å²) >= 11 is 6.06. The fourth-order valence-electron chi connectivity index (χ4n) is 2.86. The molecule has 0 saturated heterocycles. The van der Waals surface area contributed by atoms with Crippen molar-refractivity contribution in [2.45, 2.75) is 38.8 Å². The van der Waals surface area contributed by atoms with Crippen LogP contribution in [0.4, 0.5) is 17.6 Å². The third-order valence-corrected chi connectivity index (χ3v) is 4.85. The zero-order valence-corrected chi connectivity index (χ0v) is 15.7. The standard InChI is InChI=1S/C17H17ClF4N4O2/c1-8-5-12(24-25-14(8)28-7-17(21,22)16(19)20)9(2)26-6-11-10(15(26)27)3-4-23-13(11)18/h3-5,9,16,24-25H,6-7H2,1-2H3. The van der Waals surface area contributed by atoms with E-state index in [4.69, 9.17) is 16.3 Å². The molecule has 1 aromatic rings. The van der Waals surface area contributed by atoms with Gasteiger partial charge in [0.1, 0.15) is 5.15 Å². The molecule has 6 nitrogen and oxygen atoms in total. The van der Waals surface area contributed by atoms with Gasteiger partial charge in [0.25, 0.3) is 5.91 Å². The predicted octanol–water partition coefficient (Wildman–Crippen LogP) is 3.22. The highest BCUT2D eigenvalue weighted by Crippen LogP contribution is 2.31. The number of hydrogen-bond acceptors (Lipinski definition) is 5. The SMILES string of the molecule is CC1=C(OCC(F)(F)C(F)F)NNC(C(C)N2Cc3c(ccnc3Cl)C2=O)=C1. The van der Waals surface area contributed by atoms with Crippen LogP contribution in [0.3, 0.4) is 0 Å². The zero-order valence-electron chi connectivity index (χ0n) is 14.9. The average molecular weight is 421 g/mol. The van der Waals surface area contributed by atoms with E-state index in [1.807, 2.05) is 0 Å². The molecule has 2 N–H and O–H groups in total. The highest BCUT2D eigenvalue weighted by atomic mass is 35.5. The number of nitrogens with one attached hydrogen (secondary N) is 2. The Morgan fingerprint density at radius 3 is 2.71 bits per heavy atom. The van der Waals surface area contributed by atoms with Gasteiger partial charge >= 0.3 is 12.3 Å². The molecule has 1 amide bonds. The van der Waals surface area contributed by atoms with Crippen LogP contribution in [0.15, 0.2) is 35.5 Å². The van der Waals surface area contributed by atoms with Crippen LogP contribution in [-0.2, 0) is 11.3 Å². The maximum atomic E-state index is 13.0. The molecule has 0 aromatic carbocycles. The van der Waals surface area contributed by atoms with Crippen molar-refractivity contribution in [3.8, 4) is 0 Å². The van der Waals surface area contributed by atoms with E-state index in [0.717, 1.165) is 0 Å². The van der Waals surface area contributed by atoms with Crippen molar-refractivity contribution < 1.29 is 27.1 Å². The molecule has 2 aliphatic rings. The second-order valence-electron chi connectivity index (χ2n) is 6.45. The first-order chi connectivity index (χ1) is 13.1. The molecule has 3 rings (SSSR count). The fraction of sp³-hybridized carbons (Fsp3) is 0.412. The summed E-state index contributed by atoms with van der Waals surface area (Å²) in [5.74, 6) is -4.57. The molecule has 28 heavy (non-hydrogen) atoms. The van der Waals surface area contributed by atoms with E-state index in [1.54, 1.807) is 30.9 Å². The number of hydrazine groups is 1. The Morgan fingerprint density at radius 2 is 2.11 bits per heavy atom. The Morgan fingerprint density at radius 1 is 1.39 bits per heavy atom. The average Bonchev–Trinajstić information content (AvgIpc) is 2.98. The minimum absolute atomic E-state index is 0.0976. The largest absolute Gasteiger partial charge is 0.471 e. The lowest BCUT2D eigenvalue weighted by Crippen LogP contribution is -2.45. The summed E-state index contributed by atoms with van der Waals surface area (Å²) < 4.78 is 55.3. The summed E-state index contributed by atoms with van der Waals surface area (Å²) in [6.45, 7) is 2.15. The number of pyridine rings is 1. The Bertz CT molecular complexity index is 860. The van der Waals surface area contributed by atoms with Gasteiger partial charge in [-0.3, -0.25) is 10.2 Å². The second-order valence-corrected chi connectivity index (χ2v) is 6.81. The van der Waals surface area contributed by atoms with Gasteiger partial charge in [0.2, 0.25) is 5.88 Å². The molecule has 0 fully saturated rings. The van der Waals surface area contributed by atoms with Crippen LogP contribution in [0.1, 0.15) is 29.8 Å². The van der Waals surface area contributed by atoms with Gasteiger partial charge in [0.15, 0.2) is 6.61 Å². The quantitative estimate of drug-likeness (QED) is 0.546. The van der Waals surface area contributed by atoms with Gasteiger partial charge in [-0.25, -0.2) is 13.8 Å². The lowest BCUT2D eigenvalue weighted by molar-refractivity contribution is -0.159. The molecule has 1 atom stereocenters. The van der Waals surface area contributed by atoms with Crippen molar-refractivity contribution in [3.63, 3.8) is 0 Å². The smallest absolute Gasteiger partial charge is 0.340 e. The Hall–Kier alpha value is -2.49. The van der Waals surface area contributed by atoms with Crippen LogP contribution < -0.4 is 10.9 Å². The number of rotatable bonds is 6. The number of hydrogen-bond donors (Lipinski definition) is 2. The van der Waals surface area contributed by atoms with Crippen LogP contribution in [0.2, 0.25) is 5.15 Å². The van der Waals surface area contributed by atoms with Crippen molar-refractivity contribution in [1.29, 1.82) is 0 Å². The van der Waals surface area contributed by atoms with E-state index < -0.39 is 25.0 Å². The van der Waals surface area contributed by atoms with Crippen molar-refractivity contribution in [2.24, 2.45) is 0 Å². The number of fused-ring (bicyclic) bond motifs is 1. The molecule has 11 heteroatoms. The lowest BCUT2D eigenvalue weighted by Gasteiger charge is -2.31. The van der Waals surface area contributed by atoms with E-state index in [-0.39, 0.29) is 23.5 Å². The van der Waals surface area contributed by atoms with Crippen molar-refractivity contribution >= 4 is 17.5 Å². The van der Waals surface area contributed by atoms with Gasteiger partial charge in [-0.05, 0) is 26.0 Å². The van der Waals surface area contributed by atoms with Crippen molar-refractivity contribution in [3.05, 3.63) is 51.8 Å². The van der Waals surface area contributed by atoms with Crippen LogP contribution in [0.5, 0.6) is 0 Å². The lowest BCUT2D eigenvalue weighted by atomic mass is 10.1. The van der Waals surface area contributed by atoms with Gasteiger partial charge in [0.05, 0.1) is 18.3 Å². The monoisotopic (exact) mass is 420 g/mol. The van der Waals surface area contributed by atoms with Crippen LogP contribution >= 0.6 is 11.6 Å². The molecule has 2 aliphatic heterocycles. The number of carbonyl (C=O) groups excluding carboxylic acids is 1. The summed E-state index contributed by atoms with van der Waals surface area (Å²) in [6.07, 6.45) is -0.772. The summed E-state index contributed by atoms with van der Waals surface area (Å²) in [6, 6.07) is 1.18. The number of aromatic nitrogens is 1. The Labute approximate surface area is 163 Å². The molecule has 152 valence electrons. The van der Waals surface area contributed by atoms with E-state index in [9.17, 15) is 22.4 Å². The Kier molecular flexibility index (Phi) is 5.42. The third kappa shape index (κ3) is 3.73. The van der Waals surface area contributed by atoms with Gasteiger partial charge < -0.3 is 15.1 Å². The number of nitrogens with zero attached hydrogens (tertiary/aromatic N) is 2. The zero-order chi connectivity index (χ0) is 20.6. The van der Waals surface area contributed by atoms with Gasteiger partial charge in [-0.1, -0.05) is 11.6 Å². The van der Waals surface area contributed by atoms with Crippen molar-refractivity contribution in [1.82, 2.24) is 20.7 Å². The number of allylic oxidation sites excluding steroid dienone is 2. The number of alkyl halides is 4. The number of carbonyl (C=O) groups is 1. The predicted molar refractivity (Wildman–Crippen MR) is 92.5 cm³/mol. The third-order valence-electron chi connectivity index (χ3n) is 4.52. The van der Waals surface area contributed by atoms with Crippen LogP contribution in [0, 0.1) is 0 Å². The van der Waals surface area contributed by atoms with Crippen molar-refractivity contribution in [2.75, 3.05) is 6.61 Å². The van der Waals surface area contributed by atoms with Crippen LogP contribution in [-0.4, -0.2) is 40.8 Å². The molecule has 0 saturated carbocycles.